The molecule has 1 amide bonds. The third-order valence-electron chi connectivity index (χ3n) is 3.33. The summed E-state index contributed by atoms with van der Waals surface area (Å²) in [6.45, 7) is 8.12. The summed E-state index contributed by atoms with van der Waals surface area (Å²) < 4.78 is 4.95. The third-order valence-corrected chi connectivity index (χ3v) is 3.33. The van der Waals surface area contributed by atoms with E-state index in [0.717, 1.165) is 18.4 Å². The van der Waals surface area contributed by atoms with Gasteiger partial charge < -0.3 is 14.7 Å². The summed E-state index contributed by atoms with van der Waals surface area (Å²) in [4.78, 5) is 25.2. The van der Waals surface area contributed by atoms with Gasteiger partial charge in [0.25, 0.3) is 5.91 Å². The number of esters is 1. The molecule has 1 aliphatic carbocycles. The van der Waals surface area contributed by atoms with E-state index in [1.54, 1.807) is 4.90 Å². The molecule has 0 aromatic heterocycles. The topological polar surface area (TPSA) is 66.8 Å². The monoisotopic (exact) mass is 269 g/mol. The Labute approximate surface area is 114 Å². The molecule has 1 rings (SSSR count). The molecule has 1 fully saturated rings. The first-order valence-corrected chi connectivity index (χ1v) is 6.71. The summed E-state index contributed by atoms with van der Waals surface area (Å²) in [6, 6.07) is 0. The van der Waals surface area contributed by atoms with Crippen LogP contribution in [0.3, 0.4) is 0 Å². The zero-order valence-electron chi connectivity index (χ0n) is 11.8. The minimum absolute atomic E-state index is 0.263. The molecule has 1 N–H and O–H groups in total. The average molecular weight is 269 g/mol. The summed E-state index contributed by atoms with van der Waals surface area (Å²) >= 11 is 0. The molecule has 0 saturated heterocycles. The highest BCUT2D eigenvalue weighted by Gasteiger charge is 2.40. The van der Waals surface area contributed by atoms with Crippen molar-refractivity contribution < 1.29 is 19.4 Å². The normalized spacial score (nSPS) is 17.0. The fraction of sp³-hybridized carbons (Fsp3) is 0.714. The molecule has 5 heteroatoms. The van der Waals surface area contributed by atoms with Crippen molar-refractivity contribution in [2.75, 3.05) is 19.7 Å². The number of amides is 1. The minimum atomic E-state index is -1.38. The molecule has 0 bridgehead atoms. The van der Waals surface area contributed by atoms with Crippen LogP contribution in [0.5, 0.6) is 0 Å². The number of hydrogen-bond donors (Lipinski definition) is 1. The molecule has 0 spiro atoms. The summed E-state index contributed by atoms with van der Waals surface area (Å²) in [5.41, 5.74) is -0.512. The average Bonchev–Trinajstić information content (AvgIpc) is 2.80. The van der Waals surface area contributed by atoms with E-state index < -0.39 is 11.6 Å². The lowest BCUT2D eigenvalue weighted by Gasteiger charge is -2.23. The van der Waals surface area contributed by atoms with Crippen molar-refractivity contribution in [2.24, 2.45) is 0 Å². The Morgan fingerprint density at radius 3 is 2.42 bits per heavy atom. The molecule has 0 heterocycles. The van der Waals surface area contributed by atoms with E-state index in [-0.39, 0.29) is 12.5 Å². The largest absolute Gasteiger partial charge is 0.453 e. The van der Waals surface area contributed by atoms with E-state index in [1.165, 1.54) is 0 Å². The van der Waals surface area contributed by atoms with Crippen LogP contribution in [0.4, 0.5) is 0 Å². The van der Waals surface area contributed by atoms with Gasteiger partial charge in [-0.15, -0.1) is 0 Å². The number of rotatable bonds is 6. The van der Waals surface area contributed by atoms with Crippen molar-refractivity contribution in [3.8, 4) is 0 Å². The van der Waals surface area contributed by atoms with Gasteiger partial charge in [0.2, 0.25) is 0 Å². The summed E-state index contributed by atoms with van der Waals surface area (Å²) in [5, 5.41) is 10.0. The van der Waals surface area contributed by atoms with Crippen LogP contribution in [0.2, 0.25) is 0 Å². The van der Waals surface area contributed by atoms with E-state index in [2.05, 4.69) is 6.58 Å². The van der Waals surface area contributed by atoms with Gasteiger partial charge in [0, 0.05) is 13.1 Å². The van der Waals surface area contributed by atoms with Crippen LogP contribution in [0.15, 0.2) is 12.2 Å². The second kappa shape index (κ2) is 6.70. The Bertz CT molecular complexity index is 358. The van der Waals surface area contributed by atoms with E-state index >= 15 is 0 Å². The van der Waals surface area contributed by atoms with E-state index in [9.17, 15) is 14.7 Å². The maximum atomic E-state index is 11.9. The molecule has 0 atom stereocenters. The summed E-state index contributed by atoms with van der Waals surface area (Å²) in [6.07, 6.45) is 2.47. The Kier molecular flexibility index (Phi) is 5.54. The fourth-order valence-electron chi connectivity index (χ4n) is 2.22. The maximum absolute atomic E-state index is 11.9. The van der Waals surface area contributed by atoms with Crippen LogP contribution < -0.4 is 0 Å². The van der Waals surface area contributed by atoms with Crippen LogP contribution >= 0.6 is 0 Å². The Balaban J connectivity index is 2.44. The quantitative estimate of drug-likeness (QED) is 0.582. The fourth-order valence-corrected chi connectivity index (χ4v) is 2.22. The lowest BCUT2D eigenvalue weighted by molar-refractivity contribution is -0.168. The second-order valence-corrected chi connectivity index (χ2v) is 5.18. The standard InChI is InChI=1S/C14H23NO4/c1-4-15(9-11(2)3)12(16)10-19-13(17)14(18)7-5-6-8-14/h18H,2,4-10H2,1,3H3. The van der Waals surface area contributed by atoms with Gasteiger partial charge in [0.1, 0.15) is 0 Å². The first-order chi connectivity index (χ1) is 8.89. The molecule has 0 aromatic carbocycles. The SMILES string of the molecule is C=C(C)CN(CC)C(=O)COC(=O)C1(O)CCCC1. The van der Waals surface area contributed by atoms with E-state index in [1.807, 2.05) is 13.8 Å². The molecule has 0 aliphatic heterocycles. The lowest BCUT2D eigenvalue weighted by Crippen LogP contribution is -2.41. The van der Waals surface area contributed by atoms with Crippen molar-refractivity contribution in [1.82, 2.24) is 4.90 Å². The van der Waals surface area contributed by atoms with Gasteiger partial charge in [-0.25, -0.2) is 4.79 Å². The van der Waals surface area contributed by atoms with Gasteiger partial charge >= 0.3 is 5.97 Å². The predicted molar refractivity (Wildman–Crippen MR) is 71.4 cm³/mol. The van der Waals surface area contributed by atoms with Crippen LogP contribution in [0.1, 0.15) is 39.5 Å². The Hall–Kier alpha value is -1.36. The zero-order valence-corrected chi connectivity index (χ0v) is 11.8. The molecule has 19 heavy (non-hydrogen) atoms. The van der Waals surface area contributed by atoms with Crippen molar-refractivity contribution in [1.29, 1.82) is 0 Å². The molecule has 0 radical (unpaired) electrons. The van der Waals surface area contributed by atoms with Gasteiger partial charge in [-0.1, -0.05) is 12.2 Å². The van der Waals surface area contributed by atoms with Crippen molar-refractivity contribution >= 4 is 11.9 Å². The van der Waals surface area contributed by atoms with Crippen LogP contribution in [0.25, 0.3) is 0 Å². The smallest absolute Gasteiger partial charge is 0.338 e. The van der Waals surface area contributed by atoms with Crippen molar-refractivity contribution in [3.63, 3.8) is 0 Å². The van der Waals surface area contributed by atoms with Gasteiger partial charge in [-0.05, 0) is 39.5 Å². The minimum Gasteiger partial charge on any atom is -0.453 e. The number of aliphatic hydroxyl groups is 1. The highest BCUT2D eigenvalue weighted by atomic mass is 16.6. The van der Waals surface area contributed by atoms with Gasteiger partial charge in [-0.3, -0.25) is 4.79 Å². The molecule has 0 unspecified atom stereocenters. The van der Waals surface area contributed by atoms with Gasteiger partial charge in [0.15, 0.2) is 12.2 Å². The highest BCUT2D eigenvalue weighted by molar-refractivity contribution is 5.84. The lowest BCUT2D eigenvalue weighted by atomic mass is 10.0. The number of carbonyl (C=O) groups is 2. The number of ether oxygens (including phenoxy) is 1. The number of carbonyl (C=O) groups excluding carboxylic acids is 2. The molecule has 0 aromatic rings. The van der Waals surface area contributed by atoms with Crippen LogP contribution in [0, 0.1) is 0 Å². The third kappa shape index (κ3) is 4.35. The molecular formula is C14H23NO4. The molecule has 1 aliphatic rings. The molecular weight excluding hydrogens is 246 g/mol. The van der Waals surface area contributed by atoms with Crippen molar-refractivity contribution in [2.45, 2.75) is 45.1 Å². The first kappa shape index (κ1) is 15.7. The number of likely N-dealkylation sites (N-methyl/N-ethyl adjacent to an activating group) is 1. The maximum Gasteiger partial charge on any atom is 0.338 e. The molecule has 5 nitrogen and oxygen atoms in total. The Morgan fingerprint density at radius 2 is 1.95 bits per heavy atom. The molecule has 108 valence electrons. The van der Waals surface area contributed by atoms with Gasteiger partial charge in [0.05, 0.1) is 0 Å². The number of hydrogen-bond acceptors (Lipinski definition) is 4. The van der Waals surface area contributed by atoms with Crippen LogP contribution in [-0.4, -0.2) is 47.2 Å². The zero-order chi connectivity index (χ0) is 14.5. The molecule has 1 saturated carbocycles. The first-order valence-electron chi connectivity index (χ1n) is 6.71. The summed E-state index contributed by atoms with van der Waals surface area (Å²) in [5.74, 6) is -0.940. The highest BCUT2D eigenvalue weighted by Crippen LogP contribution is 2.30. The van der Waals surface area contributed by atoms with E-state index in [4.69, 9.17) is 4.74 Å². The van der Waals surface area contributed by atoms with Crippen LogP contribution in [-0.2, 0) is 14.3 Å². The van der Waals surface area contributed by atoms with E-state index in [0.29, 0.717) is 25.9 Å². The predicted octanol–water partition coefficient (Wildman–Crippen LogP) is 1.26. The second-order valence-electron chi connectivity index (χ2n) is 5.18. The van der Waals surface area contributed by atoms with Gasteiger partial charge in [-0.2, -0.15) is 0 Å². The summed E-state index contributed by atoms with van der Waals surface area (Å²) in [7, 11) is 0. The number of nitrogens with zero attached hydrogens (tertiary/aromatic N) is 1. The van der Waals surface area contributed by atoms with Crippen molar-refractivity contribution in [3.05, 3.63) is 12.2 Å². The Morgan fingerprint density at radius 1 is 1.37 bits per heavy atom.